The number of carbonyl (C=O) groups excluding carboxylic acids is 1. The van der Waals surface area contributed by atoms with Crippen LogP contribution in [0.3, 0.4) is 0 Å². The Morgan fingerprint density at radius 2 is 2.18 bits per heavy atom. The molecular formula is C17H22ClN3O. The van der Waals surface area contributed by atoms with Gasteiger partial charge in [-0.25, -0.2) is 9.13 Å². The SMILES string of the molecule is Cc1n(CC(=O)NC2CCCc3ccccc32)cc[n+]1C.[Cl-]. The molecule has 1 amide bonds. The molecule has 4 nitrogen and oxygen atoms in total. The second-order valence-corrected chi connectivity index (χ2v) is 5.80. The number of benzene rings is 1. The average Bonchev–Trinajstić information content (AvgIpc) is 2.80. The number of imidazole rings is 1. The minimum Gasteiger partial charge on any atom is -1.00 e. The largest absolute Gasteiger partial charge is 1.00 e. The van der Waals surface area contributed by atoms with Crippen LogP contribution < -0.4 is 22.3 Å². The molecule has 0 bridgehead atoms. The zero-order valence-corrected chi connectivity index (χ0v) is 13.8. The number of aryl methyl sites for hydroxylation is 2. The molecule has 2 aromatic rings. The van der Waals surface area contributed by atoms with Crippen molar-refractivity contribution in [1.82, 2.24) is 9.88 Å². The maximum absolute atomic E-state index is 12.3. The fraction of sp³-hybridized carbons (Fsp3) is 0.412. The van der Waals surface area contributed by atoms with Crippen LogP contribution in [0.5, 0.6) is 0 Å². The van der Waals surface area contributed by atoms with E-state index in [1.165, 1.54) is 11.1 Å². The number of carbonyl (C=O) groups is 1. The molecule has 1 heterocycles. The molecule has 22 heavy (non-hydrogen) atoms. The van der Waals surface area contributed by atoms with Crippen LogP contribution >= 0.6 is 0 Å². The van der Waals surface area contributed by atoms with E-state index >= 15 is 0 Å². The molecule has 3 rings (SSSR count). The second kappa shape index (κ2) is 6.97. The topological polar surface area (TPSA) is 37.9 Å². The Bertz CT molecular complexity index is 666. The summed E-state index contributed by atoms with van der Waals surface area (Å²) in [4.78, 5) is 12.3. The lowest BCUT2D eigenvalue weighted by Gasteiger charge is -2.26. The third-order valence-corrected chi connectivity index (χ3v) is 4.41. The van der Waals surface area contributed by atoms with Gasteiger partial charge in [0, 0.05) is 6.92 Å². The summed E-state index contributed by atoms with van der Waals surface area (Å²) in [7, 11) is 1.99. The van der Waals surface area contributed by atoms with Gasteiger partial charge in [-0.1, -0.05) is 24.3 Å². The summed E-state index contributed by atoms with van der Waals surface area (Å²) in [6.07, 6.45) is 7.21. The Morgan fingerprint density at radius 1 is 1.41 bits per heavy atom. The zero-order valence-electron chi connectivity index (χ0n) is 13.1. The van der Waals surface area contributed by atoms with Crippen LogP contribution in [-0.2, 0) is 24.8 Å². The van der Waals surface area contributed by atoms with E-state index in [0.717, 1.165) is 25.1 Å². The summed E-state index contributed by atoms with van der Waals surface area (Å²) >= 11 is 0. The van der Waals surface area contributed by atoms with Crippen molar-refractivity contribution in [1.29, 1.82) is 0 Å². The standard InChI is InChI=1S/C17H21N3O.ClH/c1-13-19(2)10-11-20(13)12-17(21)18-16-9-5-7-14-6-3-4-8-15(14)16;/h3-4,6,8,10-11,16H,5,7,9,12H2,1-2H3;1H. The van der Waals surface area contributed by atoms with E-state index in [1.807, 2.05) is 35.5 Å². The van der Waals surface area contributed by atoms with Gasteiger partial charge in [-0.05, 0) is 30.4 Å². The predicted octanol–water partition coefficient (Wildman–Crippen LogP) is -1.18. The number of amides is 1. The van der Waals surface area contributed by atoms with E-state index in [-0.39, 0.29) is 24.4 Å². The molecule has 0 aliphatic heterocycles. The molecule has 0 spiro atoms. The molecule has 1 N–H and O–H groups in total. The summed E-state index contributed by atoms with van der Waals surface area (Å²) in [6.45, 7) is 2.40. The van der Waals surface area contributed by atoms with Crippen molar-refractivity contribution in [3.8, 4) is 0 Å². The molecule has 1 aromatic carbocycles. The van der Waals surface area contributed by atoms with Gasteiger partial charge in [-0.2, -0.15) is 0 Å². The van der Waals surface area contributed by atoms with Crippen LogP contribution in [-0.4, -0.2) is 10.5 Å². The Morgan fingerprint density at radius 3 is 2.91 bits per heavy atom. The van der Waals surface area contributed by atoms with Crippen molar-refractivity contribution >= 4 is 5.91 Å². The molecular weight excluding hydrogens is 298 g/mol. The molecule has 0 saturated carbocycles. The van der Waals surface area contributed by atoms with Gasteiger partial charge in [-0.3, -0.25) is 4.79 Å². The zero-order chi connectivity index (χ0) is 14.8. The minimum atomic E-state index is 0. The number of nitrogens with one attached hydrogen (secondary N) is 1. The molecule has 1 aliphatic rings. The van der Waals surface area contributed by atoms with Crippen LogP contribution in [0, 0.1) is 6.92 Å². The molecule has 0 saturated heterocycles. The van der Waals surface area contributed by atoms with Gasteiger partial charge in [-0.15, -0.1) is 0 Å². The van der Waals surface area contributed by atoms with Crippen molar-refractivity contribution in [3.63, 3.8) is 0 Å². The average molecular weight is 320 g/mol. The van der Waals surface area contributed by atoms with E-state index in [1.54, 1.807) is 0 Å². The summed E-state index contributed by atoms with van der Waals surface area (Å²) in [5.41, 5.74) is 2.66. The summed E-state index contributed by atoms with van der Waals surface area (Å²) in [5.74, 6) is 1.16. The van der Waals surface area contributed by atoms with Crippen LogP contribution in [0.25, 0.3) is 0 Å². The maximum atomic E-state index is 12.3. The molecule has 1 aliphatic carbocycles. The number of hydrogen-bond donors (Lipinski definition) is 1. The molecule has 1 unspecified atom stereocenters. The third kappa shape index (κ3) is 3.33. The Kier molecular flexibility index (Phi) is 5.24. The third-order valence-electron chi connectivity index (χ3n) is 4.41. The van der Waals surface area contributed by atoms with Crippen molar-refractivity contribution < 1.29 is 21.8 Å². The van der Waals surface area contributed by atoms with E-state index in [0.29, 0.717) is 6.54 Å². The smallest absolute Gasteiger partial charge is 0.262 e. The monoisotopic (exact) mass is 319 g/mol. The minimum absolute atomic E-state index is 0. The fourth-order valence-electron chi connectivity index (χ4n) is 3.06. The highest BCUT2D eigenvalue weighted by atomic mass is 35.5. The Hall–Kier alpha value is -1.81. The number of fused-ring (bicyclic) bond motifs is 1. The lowest BCUT2D eigenvalue weighted by Crippen LogP contribution is -3.00. The van der Waals surface area contributed by atoms with Gasteiger partial charge in [0.2, 0.25) is 0 Å². The van der Waals surface area contributed by atoms with Gasteiger partial charge < -0.3 is 17.7 Å². The highest BCUT2D eigenvalue weighted by molar-refractivity contribution is 5.76. The van der Waals surface area contributed by atoms with E-state index in [9.17, 15) is 4.79 Å². The van der Waals surface area contributed by atoms with Crippen LogP contribution in [0.4, 0.5) is 0 Å². The normalized spacial score (nSPS) is 16.5. The summed E-state index contributed by atoms with van der Waals surface area (Å²) < 4.78 is 3.99. The maximum Gasteiger partial charge on any atom is 0.262 e. The van der Waals surface area contributed by atoms with Crippen molar-refractivity contribution in [2.75, 3.05) is 0 Å². The Labute approximate surface area is 137 Å². The number of hydrogen-bond acceptors (Lipinski definition) is 1. The quantitative estimate of drug-likeness (QED) is 0.711. The van der Waals surface area contributed by atoms with Gasteiger partial charge >= 0.3 is 0 Å². The predicted molar refractivity (Wildman–Crippen MR) is 80.6 cm³/mol. The van der Waals surface area contributed by atoms with Crippen molar-refractivity contribution in [3.05, 3.63) is 53.6 Å². The van der Waals surface area contributed by atoms with Crippen LogP contribution in [0.2, 0.25) is 0 Å². The number of rotatable bonds is 3. The van der Waals surface area contributed by atoms with E-state index in [4.69, 9.17) is 0 Å². The molecule has 5 heteroatoms. The Balaban J connectivity index is 0.00000176. The molecule has 1 atom stereocenters. The fourth-order valence-corrected chi connectivity index (χ4v) is 3.06. The van der Waals surface area contributed by atoms with Gasteiger partial charge in [0.15, 0.2) is 6.54 Å². The van der Waals surface area contributed by atoms with Gasteiger partial charge in [0.1, 0.15) is 12.4 Å². The van der Waals surface area contributed by atoms with Gasteiger partial charge in [0.25, 0.3) is 11.7 Å². The molecule has 0 radical (unpaired) electrons. The molecule has 1 aromatic heterocycles. The first-order chi connectivity index (χ1) is 10.1. The van der Waals surface area contributed by atoms with Crippen molar-refractivity contribution in [2.24, 2.45) is 7.05 Å². The van der Waals surface area contributed by atoms with E-state index < -0.39 is 0 Å². The van der Waals surface area contributed by atoms with E-state index in [2.05, 4.69) is 29.6 Å². The van der Waals surface area contributed by atoms with Crippen molar-refractivity contribution in [2.45, 2.75) is 38.8 Å². The summed E-state index contributed by atoms with van der Waals surface area (Å²) in [6, 6.07) is 8.60. The number of aromatic nitrogens is 2. The molecule has 0 fully saturated rings. The lowest BCUT2D eigenvalue weighted by atomic mass is 9.88. The first-order valence-corrected chi connectivity index (χ1v) is 7.53. The van der Waals surface area contributed by atoms with Crippen LogP contribution in [0.15, 0.2) is 36.7 Å². The van der Waals surface area contributed by atoms with Crippen LogP contribution in [0.1, 0.15) is 35.8 Å². The first kappa shape index (κ1) is 16.6. The number of halogens is 1. The molecule has 118 valence electrons. The number of nitrogens with zero attached hydrogens (tertiary/aromatic N) is 2. The summed E-state index contributed by atoms with van der Waals surface area (Å²) in [5, 5.41) is 3.19. The lowest BCUT2D eigenvalue weighted by molar-refractivity contribution is -0.677. The second-order valence-electron chi connectivity index (χ2n) is 5.80. The highest BCUT2D eigenvalue weighted by Gasteiger charge is 2.22. The highest BCUT2D eigenvalue weighted by Crippen LogP contribution is 2.29. The van der Waals surface area contributed by atoms with Gasteiger partial charge in [0.05, 0.1) is 13.1 Å². The first-order valence-electron chi connectivity index (χ1n) is 7.53.